The fraction of sp³-hybridized carbons (Fsp3) is 0.310. The average Bonchev–Trinajstić information content (AvgIpc) is 2.88. The standard InChI is InChI=1S/C17H16N4O3.C12H18/c1-10(22)19-15-8-7-12-17(21-15)20-13(9-18-12)11-5-4-6-14(23-2)16(11)24-3;1-11(2)7-6-10-12-8-4-3-5-9-12/h4-9H,1-3H3,(H,19,20,21,22);3-5,8-9,11H,6-7,10H2,1-2H3. The van der Waals surface area contributed by atoms with E-state index in [2.05, 4.69) is 64.4 Å². The predicted molar refractivity (Wildman–Crippen MR) is 144 cm³/mol. The molecule has 2 heterocycles. The van der Waals surface area contributed by atoms with Crippen LogP contribution in [0.3, 0.4) is 0 Å². The van der Waals surface area contributed by atoms with E-state index in [1.807, 2.05) is 18.2 Å². The molecule has 4 aromatic rings. The van der Waals surface area contributed by atoms with Crippen molar-refractivity contribution in [3.63, 3.8) is 0 Å². The number of ether oxygens (including phenoxy) is 2. The minimum Gasteiger partial charge on any atom is -0.493 e. The van der Waals surface area contributed by atoms with Crippen molar-refractivity contribution in [3.8, 4) is 22.8 Å². The van der Waals surface area contributed by atoms with Crippen molar-refractivity contribution < 1.29 is 14.3 Å². The van der Waals surface area contributed by atoms with Crippen molar-refractivity contribution in [1.29, 1.82) is 0 Å². The normalized spacial score (nSPS) is 10.5. The van der Waals surface area contributed by atoms with Gasteiger partial charge in [0.2, 0.25) is 5.91 Å². The molecule has 0 radical (unpaired) electrons. The number of nitrogens with zero attached hydrogens (tertiary/aromatic N) is 3. The van der Waals surface area contributed by atoms with E-state index >= 15 is 0 Å². The van der Waals surface area contributed by atoms with Gasteiger partial charge in [-0.2, -0.15) is 0 Å². The Labute approximate surface area is 212 Å². The van der Waals surface area contributed by atoms with Crippen LogP contribution in [0, 0.1) is 5.92 Å². The number of para-hydroxylation sites is 1. The topological polar surface area (TPSA) is 86.2 Å². The number of hydrogen-bond acceptors (Lipinski definition) is 6. The maximum Gasteiger partial charge on any atom is 0.222 e. The highest BCUT2D eigenvalue weighted by Gasteiger charge is 2.14. The van der Waals surface area contributed by atoms with Gasteiger partial charge in [0.1, 0.15) is 11.3 Å². The molecule has 0 bridgehead atoms. The van der Waals surface area contributed by atoms with Gasteiger partial charge in [0.15, 0.2) is 17.1 Å². The second-order valence-corrected chi connectivity index (χ2v) is 8.79. The van der Waals surface area contributed by atoms with Gasteiger partial charge >= 0.3 is 0 Å². The molecule has 36 heavy (non-hydrogen) atoms. The highest BCUT2D eigenvalue weighted by Crippen LogP contribution is 2.37. The van der Waals surface area contributed by atoms with E-state index < -0.39 is 0 Å². The number of benzene rings is 2. The first-order chi connectivity index (χ1) is 17.4. The van der Waals surface area contributed by atoms with E-state index in [1.165, 1.54) is 31.7 Å². The zero-order valence-electron chi connectivity index (χ0n) is 21.6. The van der Waals surface area contributed by atoms with E-state index in [4.69, 9.17) is 9.47 Å². The SMILES string of the molecule is CC(C)CCCc1ccccc1.COc1cccc(-c2cnc3ccc(NC(C)=O)nc3n2)c1OC. The third-order valence-corrected chi connectivity index (χ3v) is 5.48. The average molecular weight is 487 g/mol. The molecular weight excluding hydrogens is 452 g/mol. The third kappa shape index (κ3) is 7.50. The number of methoxy groups -OCH3 is 2. The molecule has 0 aliphatic heterocycles. The first kappa shape index (κ1) is 26.6. The number of amides is 1. The molecule has 1 amide bonds. The second kappa shape index (κ2) is 13.2. The van der Waals surface area contributed by atoms with E-state index in [0.29, 0.717) is 34.2 Å². The molecule has 0 fully saturated rings. The summed E-state index contributed by atoms with van der Waals surface area (Å²) in [6.07, 6.45) is 5.55. The lowest BCUT2D eigenvalue weighted by Gasteiger charge is -2.12. The van der Waals surface area contributed by atoms with Gasteiger partial charge in [0, 0.05) is 12.5 Å². The third-order valence-electron chi connectivity index (χ3n) is 5.48. The Hall–Kier alpha value is -4.00. The van der Waals surface area contributed by atoms with Crippen LogP contribution in [0.15, 0.2) is 66.9 Å². The van der Waals surface area contributed by atoms with Crippen LogP contribution < -0.4 is 14.8 Å². The Morgan fingerprint density at radius 3 is 2.39 bits per heavy atom. The Morgan fingerprint density at radius 1 is 0.944 bits per heavy atom. The highest BCUT2D eigenvalue weighted by atomic mass is 16.5. The van der Waals surface area contributed by atoms with Gasteiger partial charge in [-0.05, 0) is 48.6 Å². The Morgan fingerprint density at radius 2 is 1.72 bits per heavy atom. The molecule has 0 aliphatic rings. The summed E-state index contributed by atoms with van der Waals surface area (Å²) in [5.41, 5.74) is 3.89. The van der Waals surface area contributed by atoms with Crippen LogP contribution in [-0.4, -0.2) is 35.1 Å². The molecule has 188 valence electrons. The van der Waals surface area contributed by atoms with Crippen LogP contribution in [0.25, 0.3) is 22.4 Å². The van der Waals surface area contributed by atoms with Gasteiger partial charge in [0.25, 0.3) is 0 Å². The molecule has 0 unspecified atom stereocenters. The summed E-state index contributed by atoms with van der Waals surface area (Å²) in [6.45, 7) is 5.99. The number of rotatable bonds is 8. The maximum absolute atomic E-state index is 11.2. The fourth-order valence-electron chi connectivity index (χ4n) is 3.73. The molecule has 0 saturated carbocycles. The number of hydrogen-bond donors (Lipinski definition) is 1. The smallest absolute Gasteiger partial charge is 0.222 e. The van der Waals surface area contributed by atoms with Crippen molar-refractivity contribution in [2.75, 3.05) is 19.5 Å². The minimum absolute atomic E-state index is 0.194. The monoisotopic (exact) mass is 486 g/mol. The van der Waals surface area contributed by atoms with Crippen molar-refractivity contribution in [1.82, 2.24) is 15.0 Å². The highest BCUT2D eigenvalue weighted by molar-refractivity contribution is 5.89. The first-order valence-corrected chi connectivity index (χ1v) is 12.1. The van der Waals surface area contributed by atoms with Crippen molar-refractivity contribution in [2.24, 2.45) is 5.92 Å². The lowest BCUT2D eigenvalue weighted by Crippen LogP contribution is -2.07. The maximum atomic E-state index is 11.2. The first-order valence-electron chi connectivity index (χ1n) is 12.1. The molecule has 0 spiro atoms. The predicted octanol–water partition coefficient (Wildman–Crippen LogP) is 6.33. The lowest BCUT2D eigenvalue weighted by atomic mass is 10.0. The molecule has 0 aliphatic carbocycles. The summed E-state index contributed by atoms with van der Waals surface area (Å²) in [5.74, 6) is 2.26. The number of carbonyl (C=O) groups excluding carboxylic acids is 1. The minimum atomic E-state index is -0.194. The molecule has 1 N–H and O–H groups in total. The molecule has 7 nitrogen and oxygen atoms in total. The number of fused-ring (bicyclic) bond motifs is 1. The van der Waals surface area contributed by atoms with Crippen LogP contribution >= 0.6 is 0 Å². The molecule has 4 rings (SSSR count). The van der Waals surface area contributed by atoms with Crippen LogP contribution in [0.4, 0.5) is 5.82 Å². The number of aromatic nitrogens is 3. The molecule has 7 heteroatoms. The van der Waals surface area contributed by atoms with E-state index in [0.717, 1.165) is 11.5 Å². The van der Waals surface area contributed by atoms with E-state index in [9.17, 15) is 4.79 Å². The Kier molecular flexibility index (Phi) is 9.74. The molecule has 0 atom stereocenters. The van der Waals surface area contributed by atoms with Crippen molar-refractivity contribution in [3.05, 3.63) is 72.4 Å². The Balaban J connectivity index is 0.000000253. The molecule has 2 aromatic heterocycles. The quantitative estimate of drug-likeness (QED) is 0.313. The van der Waals surface area contributed by atoms with Gasteiger partial charge < -0.3 is 14.8 Å². The fourth-order valence-corrected chi connectivity index (χ4v) is 3.73. The molecule has 2 aromatic carbocycles. The number of pyridine rings is 1. The van der Waals surface area contributed by atoms with E-state index in [-0.39, 0.29) is 5.91 Å². The van der Waals surface area contributed by atoms with Gasteiger partial charge in [-0.15, -0.1) is 0 Å². The summed E-state index contributed by atoms with van der Waals surface area (Å²) >= 11 is 0. The van der Waals surface area contributed by atoms with Crippen LogP contribution in [0.5, 0.6) is 11.5 Å². The largest absolute Gasteiger partial charge is 0.493 e. The van der Waals surface area contributed by atoms with Crippen molar-refractivity contribution in [2.45, 2.75) is 40.0 Å². The zero-order chi connectivity index (χ0) is 25.9. The van der Waals surface area contributed by atoms with Crippen LogP contribution in [-0.2, 0) is 11.2 Å². The van der Waals surface area contributed by atoms with Gasteiger partial charge in [-0.25, -0.2) is 9.97 Å². The number of aryl methyl sites for hydroxylation is 1. The summed E-state index contributed by atoms with van der Waals surface area (Å²) in [6, 6.07) is 19.7. The van der Waals surface area contributed by atoms with Crippen molar-refractivity contribution >= 4 is 22.9 Å². The summed E-state index contributed by atoms with van der Waals surface area (Å²) < 4.78 is 10.8. The molecule has 0 saturated heterocycles. The number of anilines is 1. The number of carbonyl (C=O) groups is 1. The Bertz CT molecular complexity index is 1280. The molecular formula is C29H34N4O3. The van der Waals surface area contributed by atoms with E-state index in [1.54, 1.807) is 32.5 Å². The summed E-state index contributed by atoms with van der Waals surface area (Å²) in [5, 5.41) is 2.63. The van der Waals surface area contributed by atoms with Gasteiger partial charge in [-0.1, -0.05) is 56.7 Å². The lowest BCUT2D eigenvalue weighted by molar-refractivity contribution is -0.114. The summed E-state index contributed by atoms with van der Waals surface area (Å²) in [4.78, 5) is 24.4. The zero-order valence-corrected chi connectivity index (χ0v) is 21.6. The summed E-state index contributed by atoms with van der Waals surface area (Å²) in [7, 11) is 3.15. The van der Waals surface area contributed by atoms with Gasteiger partial charge in [-0.3, -0.25) is 9.78 Å². The van der Waals surface area contributed by atoms with Crippen LogP contribution in [0.1, 0.15) is 39.2 Å². The number of nitrogens with one attached hydrogen (secondary N) is 1. The second-order valence-electron chi connectivity index (χ2n) is 8.79. The van der Waals surface area contributed by atoms with Crippen LogP contribution in [0.2, 0.25) is 0 Å². The van der Waals surface area contributed by atoms with Gasteiger partial charge in [0.05, 0.1) is 26.1 Å².